The number of amides is 1. The van der Waals surface area contributed by atoms with Crippen LogP contribution in [0.15, 0.2) is 53.5 Å². The summed E-state index contributed by atoms with van der Waals surface area (Å²) in [5.41, 5.74) is 1.12. The molecule has 3 N–H and O–H groups in total. The maximum absolute atomic E-state index is 12.3. The first-order valence-electron chi connectivity index (χ1n) is 9.01. The van der Waals surface area contributed by atoms with Crippen LogP contribution in [0.3, 0.4) is 0 Å². The molecule has 2 aromatic carbocycles. The highest BCUT2D eigenvalue weighted by atomic mass is 35.5. The molecular weight excluding hydrogens is 409 g/mol. The first-order valence-corrected chi connectivity index (χ1v) is 9.77. The number of nitrogens with zero attached hydrogens (tertiary/aromatic N) is 2. The van der Waals surface area contributed by atoms with Crippen molar-refractivity contribution in [2.75, 3.05) is 13.1 Å². The molecule has 0 spiro atoms. The summed E-state index contributed by atoms with van der Waals surface area (Å²) in [5.74, 6) is 0.182. The quantitative estimate of drug-likeness (QED) is 0.267. The van der Waals surface area contributed by atoms with Crippen molar-refractivity contribution in [3.63, 3.8) is 0 Å². The standard InChI is InChI=1S/C21H23Cl2N5O/c1-21(2,12-26-19(29)15-7-9-17(22)10-8-15)13-27-20(28-14-24)25-11-16-5-3-4-6-18(16)23/h3-10H,11-13H2,1-2H3,(H,26,29)(H2,25,27,28). The molecule has 1 amide bonds. The van der Waals surface area contributed by atoms with E-state index in [0.717, 1.165) is 5.56 Å². The van der Waals surface area contributed by atoms with E-state index in [-0.39, 0.29) is 11.3 Å². The highest BCUT2D eigenvalue weighted by molar-refractivity contribution is 6.31. The zero-order valence-electron chi connectivity index (χ0n) is 16.3. The number of guanidine groups is 1. The van der Waals surface area contributed by atoms with Gasteiger partial charge in [0.1, 0.15) is 0 Å². The van der Waals surface area contributed by atoms with Gasteiger partial charge < -0.3 is 10.6 Å². The Morgan fingerprint density at radius 2 is 1.72 bits per heavy atom. The lowest BCUT2D eigenvalue weighted by atomic mass is 9.93. The summed E-state index contributed by atoms with van der Waals surface area (Å²) in [6, 6.07) is 14.1. The van der Waals surface area contributed by atoms with Crippen molar-refractivity contribution < 1.29 is 4.79 Å². The van der Waals surface area contributed by atoms with Gasteiger partial charge in [0.2, 0.25) is 5.96 Å². The molecule has 0 atom stereocenters. The van der Waals surface area contributed by atoms with Crippen molar-refractivity contribution in [2.24, 2.45) is 10.4 Å². The van der Waals surface area contributed by atoms with Crippen LogP contribution >= 0.6 is 23.2 Å². The lowest BCUT2D eigenvalue weighted by Gasteiger charge is -2.26. The minimum absolute atomic E-state index is 0.169. The van der Waals surface area contributed by atoms with Gasteiger partial charge in [-0.3, -0.25) is 10.1 Å². The van der Waals surface area contributed by atoms with Crippen LogP contribution in [0.25, 0.3) is 0 Å². The summed E-state index contributed by atoms with van der Waals surface area (Å²) < 4.78 is 0. The SMILES string of the molecule is CC(C)(CNC(=O)c1ccc(Cl)cc1)CNC(=NCc1ccccc1Cl)NC#N. The van der Waals surface area contributed by atoms with E-state index in [0.29, 0.717) is 41.2 Å². The Kier molecular flexibility index (Phi) is 8.32. The lowest BCUT2D eigenvalue weighted by Crippen LogP contribution is -2.45. The van der Waals surface area contributed by atoms with Gasteiger partial charge >= 0.3 is 0 Å². The second-order valence-electron chi connectivity index (χ2n) is 7.20. The molecule has 8 heteroatoms. The number of nitrogens with one attached hydrogen (secondary N) is 3. The summed E-state index contributed by atoms with van der Waals surface area (Å²) in [4.78, 5) is 16.7. The molecule has 0 bridgehead atoms. The summed E-state index contributed by atoms with van der Waals surface area (Å²) >= 11 is 12.0. The topological polar surface area (TPSA) is 89.3 Å². The average Bonchev–Trinajstić information content (AvgIpc) is 2.70. The monoisotopic (exact) mass is 431 g/mol. The van der Waals surface area contributed by atoms with Crippen molar-refractivity contribution in [3.05, 3.63) is 69.7 Å². The van der Waals surface area contributed by atoms with Gasteiger partial charge in [0, 0.05) is 28.7 Å². The number of benzene rings is 2. The first kappa shape index (κ1) is 22.5. The van der Waals surface area contributed by atoms with Crippen LogP contribution in [0.5, 0.6) is 0 Å². The molecule has 0 fully saturated rings. The predicted octanol–water partition coefficient (Wildman–Crippen LogP) is 3.97. The van der Waals surface area contributed by atoms with Crippen molar-refractivity contribution in [2.45, 2.75) is 20.4 Å². The zero-order valence-corrected chi connectivity index (χ0v) is 17.8. The largest absolute Gasteiger partial charge is 0.355 e. The van der Waals surface area contributed by atoms with Gasteiger partial charge in [0.15, 0.2) is 6.19 Å². The Bertz CT molecular complexity index is 904. The summed E-state index contributed by atoms with van der Waals surface area (Å²) in [6.07, 6.45) is 1.87. The molecule has 2 rings (SSSR count). The fourth-order valence-corrected chi connectivity index (χ4v) is 2.71. The second-order valence-corrected chi connectivity index (χ2v) is 8.04. The van der Waals surface area contributed by atoms with E-state index in [1.165, 1.54) is 0 Å². The normalized spacial score (nSPS) is 11.5. The molecule has 0 aromatic heterocycles. The Labute approximate surface area is 180 Å². The molecule has 0 saturated heterocycles. The Morgan fingerprint density at radius 3 is 2.38 bits per heavy atom. The highest BCUT2D eigenvalue weighted by Crippen LogP contribution is 2.16. The van der Waals surface area contributed by atoms with Crippen molar-refractivity contribution in [1.29, 1.82) is 5.26 Å². The Hall–Kier alpha value is -2.75. The van der Waals surface area contributed by atoms with Gasteiger partial charge in [0.05, 0.1) is 6.54 Å². The smallest absolute Gasteiger partial charge is 0.251 e. The van der Waals surface area contributed by atoms with Gasteiger partial charge in [-0.1, -0.05) is 55.2 Å². The molecule has 2 aromatic rings. The fraction of sp³-hybridized carbons (Fsp3) is 0.286. The Balaban J connectivity index is 1.90. The highest BCUT2D eigenvalue weighted by Gasteiger charge is 2.20. The minimum Gasteiger partial charge on any atom is -0.355 e. The summed E-state index contributed by atoms with van der Waals surface area (Å²) in [5, 5.41) is 18.8. The minimum atomic E-state index is -0.287. The van der Waals surface area contributed by atoms with E-state index in [9.17, 15) is 4.79 Å². The molecule has 0 heterocycles. The van der Waals surface area contributed by atoms with Crippen LogP contribution in [0, 0.1) is 16.9 Å². The number of carbonyl (C=O) groups excluding carboxylic acids is 1. The Morgan fingerprint density at radius 1 is 1.07 bits per heavy atom. The summed E-state index contributed by atoms with van der Waals surface area (Å²) in [6.45, 7) is 5.26. The number of nitriles is 1. The molecule has 0 radical (unpaired) electrons. The van der Waals surface area contributed by atoms with E-state index in [2.05, 4.69) is 20.9 Å². The summed E-state index contributed by atoms with van der Waals surface area (Å²) in [7, 11) is 0. The van der Waals surface area contributed by atoms with Gasteiger partial charge in [-0.2, -0.15) is 5.26 Å². The predicted molar refractivity (Wildman–Crippen MR) is 117 cm³/mol. The molecule has 0 saturated carbocycles. The van der Waals surface area contributed by atoms with E-state index in [1.807, 2.05) is 38.2 Å². The van der Waals surface area contributed by atoms with Crippen LogP contribution < -0.4 is 16.0 Å². The third-order valence-corrected chi connectivity index (χ3v) is 4.73. The molecule has 0 aliphatic heterocycles. The maximum Gasteiger partial charge on any atom is 0.251 e. The molecule has 0 aliphatic carbocycles. The average molecular weight is 432 g/mol. The van der Waals surface area contributed by atoms with Crippen LogP contribution in [0.1, 0.15) is 29.8 Å². The number of rotatable bonds is 7. The van der Waals surface area contributed by atoms with Crippen LogP contribution in [-0.2, 0) is 6.54 Å². The number of hydrogen-bond acceptors (Lipinski definition) is 3. The van der Waals surface area contributed by atoms with Crippen LogP contribution in [-0.4, -0.2) is 25.0 Å². The van der Waals surface area contributed by atoms with Crippen LogP contribution in [0.4, 0.5) is 0 Å². The molecular formula is C21H23Cl2N5O. The molecule has 0 aliphatic rings. The van der Waals surface area contributed by atoms with Crippen LogP contribution in [0.2, 0.25) is 10.0 Å². The van der Waals surface area contributed by atoms with E-state index < -0.39 is 0 Å². The van der Waals surface area contributed by atoms with E-state index >= 15 is 0 Å². The number of hydrogen-bond donors (Lipinski definition) is 3. The fourth-order valence-electron chi connectivity index (χ4n) is 2.39. The number of halogens is 2. The number of aliphatic imine (C=N–C) groups is 1. The van der Waals surface area contributed by atoms with Crippen molar-refractivity contribution in [1.82, 2.24) is 16.0 Å². The van der Waals surface area contributed by atoms with E-state index in [4.69, 9.17) is 28.5 Å². The third-order valence-electron chi connectivity index (χ3n) is 4.11. The van der Waals surface area contributed by atoms with Gasteiger partial charge in [-0.25, -0.2) is 4.99 Å². The maximum atomic E-state index is 12.3. The molecule has 0 unspecified atom stereocenters. The molecule has 29 heavy (non-hydrogen) atoms. The number of carbonyl (C=O) groups is 1. The van der Waals surface area contributed by atoms with Gasteiger partial charge in [-0.15, -0.1) is 0 Å². The third kappa shape index (κ3) is 7.65. The molecule has 152 valence electrons. The molecule has 6 nitrogen and oxygen atoms in total. The van der Waals surface area contributed by atoms with Gasteiger partial charge in [0.25, 0.3) is 5.91 Å². The van der Waals surface area contributed by atoms with Crippen molar-refractivity contribution >= 4 is 35.1 Å². The second kappa shape index (κ2) is 10.7. The van der Waals surface area contributed by atoms with Gasteiger partial charge in [-0.05, 0) is 41.3 Å². The lowest BCUT2D eigenvalue weighted by molar-refractivity contribution is 0.0937. The van der Waals surface area contributed by atoms with Crippen molar-refractivity contribution in [3.8, 4) is 6.19 Å². The zero-order chi connectivity index (χ0) is 21.3. The van der Waals surface area contributed by atoms with E-state index in [1.54, 1.807) is 30.3 Å². The first-order chi connectivity index (χ1) is 13.8.